The number of nitrogens with one attached hydrogen (secondary N) is 1. The van der Waals surface area contributed by atoms with Crippen LogP contribution in [0.3, 0.4) is 0 Å². The molecule has 0 spiro atoms. The second-order valence-corrected chi connectivity index (χ2v) is 7.61. The summed E-state index contributed by atoms with van der Waals surface area (Å²) in [6.45, 7) is 6.27. The first-order valence-electron chi connectivity index (χ1n) is 8.59. The van der Waals surface area contributed by atoms with Crippen LogP contribution < -0.4 is 9.46 Å². The van der Waals surface area contributed by atoms with Gasteiger partial charge in [0, 0.05) is 11.6 Å². The molecule has 1 aromatic heterocycles. The Labute approximate surface area is 154 Å². The largest absolute Gasteiger partial charge is 0.492 e. The summed E-state index contributed by atoms with van der Waals surface area (Å²) in [6, 6.07) is 12.5. The fourth-order valence-corrected chi connectivity index (χ4v) is 4.36. The number of aromatic nitrogens is 1. The second kappa shape index (κ2) is 7.33. The number of hydrogen-bond acceptors (Lipinski definition) is 4. The molecule has 0 amide bonds. The Kier molecular flexibility index (Phi) is 5.13. The van der Waals surface area contributed by atoms with Crippen molar-refractivity contribution in [1.29, 1.82) is 0 Å². The Bertz CT molecular complexity index is 1050. The summed E-state index contributed by atoms with van der Waals surface area (Å²) in [6.07, 6.45) is 2.37. The van der Waals surface area contributed by atoms with Crippen LogP contribution in [0.2, 0.25) is 0 Å². The number of para-hydroxylation sites is 1. The third kappa shape index (κ3) is 3.37. The van der Waals surface area contributed by atoms with Crippen LogP contribution in [-0.4, -0.2) is 20.0 Å². The maximum Gasteiger partial charge on any atom is 0.262 e. The van der Waals surface area contributed by atoms with E-state index in [0.717, 1.165) is 17.5 Å². The molecule has 5 nitrogen and oxygen atoms in total. The normalized spacial score (nSPS) is 11.5. The maximum absolute atomic E-state index is 13.1. The third-order valence-electron chi connectivity index (χ3n) is 4.26. The monoisotopic (exact) mass is 370 g/mol. The van der Waals surface area contributed by atoms with Crippen molar-refractivity contribution in [3.05, 3.63) is 59.8 Å². The van der Waals surface area contributed by atoms with Gasteiger partial charge in [-0.15, -0.1) is 0 Å². The van der Waals surface area contributed by atoms with Crippen LogP contribution in [0, 0.1) is 6.92 Å². The Morgan fingerprint density at radius 2 is 1.88 bits per heavy atom. The average molecular weight is 370 g/mol. The van der Waals surface area contributed by atoms with E-state index in [2.05, 4.69) is 9.71 Å². The van der Waals surface area contributed by atoms with Gasteiger partial charge in [-0.1, -0.05) is 25.1 Å². The van der Waals surface area contributed by atoms with Crippen molar-refractivity contribution in [3.8, 4) is 5.75 Å². The fraction of sp³-hybridized carbons (Fsp3) is 0.250. The number of pyridine rings is 1. The first kappa shape index (κ1) is 18.2. The van der Waals surface area contributed by atoms with Gasteiger partial charge in [0.1, 0.15) is 11.3 Å². The van der Waals surface area contributed by atoms with E-state index in [1.54, 1.807) is 30.5 Å². The highest BCUT2D eigenvalue weighted by atomic mass is 32.2. The highest BCUT2D eigenvalue weighted by Crippen LogP contribution is 2.32. The molecule has 0 aliphatic rings. The molecule has 0 unspecified atom stereocenters. The van der Waals surface area contributed by atoms with E-state index in [1.165, 1.54) is 0 Å². The fourth-order valence-electron chi connectivity index (χ4n) is 2.99. The molecule has 2 aromatic carbocycles. The molecule has 3 rings (SSSR count). The van der Waals surface area contributed by atoms with Crippen LogP contribution >= 0.6 is 0 Å². The highest BCUT2D eigenvalue weighted by molar-refractivity contribution is 7.93. The van der Waals surface area contributed by atoms with Crippen LogP contribution in [0.1, 0.15) is 25.0 Å². The number of rotatable bonds is 6. The number of hydrogen-bond donors (Lipinski definition) is 1. The SMILES string of the molecule is CCOc1ccc(S(=O)(=O)Nc2c(C)cccc2CC)c2cccnc12. The minimum absolute atomic E-state index is 0.189. The summed E-state index contributed by atoms with van der Waals surface area (Å²) in [4.78, 5) is 4.50. The van der Waals surface area contributed by atoms with Crippen LogP contribution in [0.4, 0.5) is 5.69 Å². The van der Waals surface area contributed by atoms with Crippen molar-refractivity contribution < 1.29 is 13.2 Å². The predicted octanol–water partition coefficient (Wildman–Crippen LogP) is 4.31. The summed E-state index contributed by atoms with van der Waals surface area (Å²) in [5, 5.41) is 0.539. The topological polar surface area (TPSA) is 68.3 Å². The molecule has 0 atom stereocenters. The van der Waals surface area contributed by atoms with Crippen LogP contribution in [0.25, 0.3) is 10.9 Å². The van der Waals surface area contributed by atoms with E-state index in [1.807, 2.05) is 39.0 Å². The van der Waals surface area contributed by atoms with Gasteiger partial charge in [0.15, 0.2) is 0 Å². The number of sulfonamides is 1. The lowest BCUT2D eigenvalue weighted by molar-refractivity contribution is 0.343. The Balaban J connectivity index is 2.13. The molecule has 1 N–H and O–H groups in total. The van der Waals surface area contributed by atoms with Crippen molar-refractivity contribution in [2.24, 2.45) is 0 Å². The zero-order chi connectivity index (χ0) is 18.7. The van der Waals surface area contributed by atoms with E-state index in [0.29, 0.717) is 28.9 Å². The van der Waals surface area contributed by atoms with Gasteiger partial charge in [0.2, 0.25) is 0 Å². The standard InChI is InChI=1S/C20H22N2O3S/c1-4-15-9-6-8-14(3)19(15)22-26(23,24)18-12-11-17(25-5-2)20-16(18)10-7-13-21-20/h6-13,22H,4-5H2,1-3H3. The second-order valence-electron chi connectivity index (χ2n) is 5.96. The molecule has 0 aliphatic carbocycles. The van der Waals surface area contributed by atoms with Gasteiger partial charge in [-0.2, -0.15) is 0 Å². The number of ether oxygens (including phenoxy) is 1. The molecule has 6 heteroatoms. The van der Waals surface area contributed by atoms with Crippen molar-refractivity contribution in [3.63, 3.8) is 0 Å². The first-order chi connectivity index (χ1) is 12.5. The van der Waals surface area contributed by atoms with Crippen LogP contribution in [0.15, 0.2) is 53.6 Å². The lowest BCUT2D eigenvalue weighted by Gasteiger charge is -2.16. The van der Waals surface area contributed by atoms with Gasteiger partial charge in [-0.3, -0.25) is 9.71 Å². The quantitative estimate of drug-likeness (QED) is 0.702. The van der Waals surface area contributed by atoms with E-state index in [4.69, 9.17) is 4.74 Å². The summed E-state index contributed by atoms with van der Waals surface area (Å²) in [7, 11) is -3.77. The van der Waals surface area contributed by atoms with E-state index < -0.39 is 10.0 Å². The maximum atomic E-state index is 13.1. The molecule has 0 bridgehead atoms. The third-order valence-corrected chi connectivity index (χ3v) is 5.67. The minimum atomic E-state index is -3.77. The zero-order valence-electron chi connectivity index (χ0n) is 15.1. The highest BCUT2D eigenvalue weighted by Gasteiger charge is 2.21. The van der Waals surface area contributed by atoms with Crippen molar-refractivity contribution in [2.45, 2.75) is 32.1 Å². The molecule has 0 saturated carbocycles. The first-order valence-corrected chi connectivity index (χ1v) is 10.1. The Morgan fingerprint density at radius 3 is 2.62 bits per heavy atom. The number of benzene rings is 2. The van der Waals surface area contributed by atoms with Gasteiger partial charge in [0.05, 0.1) is 17.2 Å². The molecule has 0 saturated heterocycles. The predicted molar refractivity (Wildman–Crippen MR) is 104 cm³/mol. The van der Waals surface area contributed by atoms with Crippen molar-refractivity contribution in [1.82, 2.24) is 4.98 Å². The van der Waals surface area contributed by atoms with Gasteiger partial charge >= 0.3 is 0 Å². The Hall–Kier alpha value is -2.60. The minimum Gasteiger partial charge on any atom is -0.492 e. The van der Waals surface area contributed by atoms with E-state index >= 15 is 0 Å². The number of fused-ring (bicyclic) bond motifs is 1. The molecular formula is C20H22N2O3S. The summed E-state index contributed by atoms with van der Waals surface area (Å²) in [5.74, 6) is 0.576. The molecule has 3 aromatic rings. The molecule has 0 fully saturated rings. The number of anilines is 1. The molecular weight excluding hydrogens is 348 g/mol. The zero-order valence-corrected chi connectivity index (χ0v) is 15.9. The van der Waals surface area contributed by atoms with Gasteiger partial charge in [-0.25, -0.2) is 8.42 Å². The molecule has 136 valence electrons. The lowest BCUT2D eigenvalue weighted by Crippen LogP contribution is -2.16. The molecule has 1 heterocycles. The smallest absolute Gasteiger partial charge is 0.262 e. The van der Waals surface area contributed by atoms with Gasteiger partial charge in [0.25, 0.3) is 10.0 Å². The van der Waals surface area contributed by atoms with Gasteiger partial charge in [-0.05, 0) is 55.7 Å². The van der Waals surface area contributed by atoms with Crippen molar-refractivity contribution >= 4 is 26.6 Å². The molecule has 0 radical (unpaired) electrons. The van der Waals surface area contributed by atoms with Crippen LogP contribution in [-0.2, 0) is 16.4 Å². The Morgan fingerprint density at radius 1 is 1.08 bits per heavy atom. The lowest BCUT2D eigenvalue weighted by atomic mass is 10.1. The number of nitrogens with zero attached hydrogens (tertiary/aromatic N) is 1. The van der Waals surface area contributed by atoms with Crippen LogP contribution in [0.5, 0.6) is 5.75 Å². The summed E-state index contributed by atoms with van der Waals surface area (Å²) < 4.78 is 34.6. The van der Waals surface area contributed by atoms with E-state index in [9.17, 15) is 8.42 Å². The molecule has 0 aliphatic heterocycles. The summed E-state index contributed by atoms with van der Waals surface area (Å²) >= 11 is 0. The summed E-state index contributed by atoms with van der Waals surface area (Å²) in [5.41, 5.74) is 3.03. The molecule has 26 heavy (non-hydrogen) atoms. The average Bonchev–Trinajstić information content (AvgIpc) is 2.63. The van der Waals surface area contributed by atoms with Crippen molar-refractivity contribution in [2.75, 3.05) is 11.3 Å². The van der Waals surface area contributed by atoms with E-state index in [-0.39, 0.29) is 4.90 Å². The number of aryl methyl sites for hydroxylation is 2. The van der Waals surface area contributed by atoms with Gasteiger partial charge < -0.3 is 4.74 Å².